The molecule has 0 bridgehead atoms. The number of halogens is 2. The Kier molecular flexibility index (Phi) is 4.37. The van der Waals surface area contributed by atoms with Crippen LogP contribution < -0.4 is 0 Å². The van der Waals surface area contributed by atoms with Crippen molar-refractivity contribution in [2.24, 2.45) is 0 Å². The molecule has 2 aromatic carbocycles. The quantitative estimate of drug-likeness (QED) is 0.750. The number of rotatable bonds is 4. The number of aromatic nitrogens is 2. The predicted molar refractivity (Wildman–Crippen MR) is 90.2 cm³/mol. The summed E-state index contributed by atoms with van der Waals surface area (Å²) < 4.78 is 1.90. The molecule has 0 aliphatic rings. The number of carbonyl (C=O) groups is 1. The van der Waals surface area contributed by atoms with Gasteiger partial charge in [-0.15, -0.1) is 0 Å². The second-order valence-corrected chi connectivity index (χ2v) is 5.85. The van der Waals surface area contributed by atoms with Crippen LogP contribution >= 0.6 is 23.2 Å². The molecule has 0 aliphatic carbocycles. The average molecular weight is 347 g/mol. The molecular weight excluding hydrogens is 335 g/mol. The van der Waals surface area contributed by atoms with Crippen molar-refractivity contribution in [2.45, 2.75) is 6.54 Å². The van der Waals surface area contributed by atoms with Crippen LogP contribution in [-0.2, 0) is 6.54 Å². The lowest BCUT2D eigenvalue weighted by Crippen LogP contribution is -2.03. The fourth-order valence-electron chi connectivity index (χ4n) is 2.35. The molecule has 0 aliphatic heterocycles. The Morgan fingerprint density at radius 1 is 1.17 bits per heavy atom. The first-order valence-electron chi connectivity index (χ1n) is 6.83. The number of nitrogens with zero attached hydrogens (tertiary/aromatic N) is 2. The third-order valence-corrected chi connectivity index (χ3v) is 3.98. The van der Waals surface area contributed by atoms with E-state index >= 15 is 0 Å². The summed E-state index contributed by atoms with van der Waals surface area (Å²) in [6.07, 6.45) is 3.49. The van der Waals surface area contributed by atoms with Crippen molar-refractivity contribution in [3.8, 4) is 11.4 Å². The molecule has 4 nitrogen and oxygen atoms in total. The Bertz CT molecular complexity index is 875. The summed E-state index contributed by atoms with van der Waals surface area (Å²) in [6.45, 7) is 0.485. The minimum atomic E-state index is -0.949. The van der Waals surface area contributed by atoms with Crippen LogP contribution in [0.2, 0.25) is 10.0 Å². The molecule has 116 valence electrons. The van der Waals surface area contributed by atoms with Crippen LogP contribution in [-0.4, -0.2) is 20.6 Å². The Balaban J connectivity index is 1.97. The highest BCUT2D eigenvalue weighted by atomic mass is 35.5. The van der Waals surface area contributed by atoms with Crippen molar-refractivity contribution >= 4 is 29.2 Å². The summed E-state index contributed by atoms with van der Waals surface area (Å²) in [5.74, 6) is -0.270. The standard InChI is InChI=1S/C17H12Cl2N2O2/c18-13-4-5-15(19)14(9-13)16-20-6-7-21(16)10-11-2-1-3-12(8-11)17(22)23/h1-9H,10H2,(H,22,23). The van der Waals surface area contributed by atoms with E-state index in [2.05, 4.69) is 4.98 Å². The highest BCUT2D eigenvalue weighted by molar-refractivity contribution is 6.35. The zero-order chi connectivity index (χ0) is 16.4. The topological polar surface area (TPSA) is 55.1 Å². The van der Waals surface area contributed by atoms with Crippen molar-refractivity contribution in [1.82, 2.24) is 9.55 Å². The van der Waals surface area contributed by atoms with Gasteiger partial charge < -0.3 is 9.67 Å². The molecule has 0 fully saturated rings. The van der Waals surface area contributed by atoms with Gasteiger partial charge >= 0.3 is 5.97 Å². The van der Waals surface area contributed by atoms with Crippen molar-refractivity contribution in [3.05, 3.63) is 76.0 Å². The summed E-state index contributed by atoms with van der Waals surface area (Å²) in [5, 5.41) is 10.2. The van der Waals surface area contributed by atoms with Crippen LogP contribution in [0.3, 0.4) is 0 Å². The highest BCUT2D eigenvalue weighted by Gasteiger charge is 2.12. The SMILES string of the molecule is O=C(O)c1cccc(Cn2ccnc2-c2cc(Cl)ccc2Cl)c1. The number of hydrogen-bond donors (Lipinski definition) is 1. The Hall–Kier alpha value is -2.30. The number of benzene rings is 2. The fourth-order valence-corrected chi connectivity index (χ4v) is 2.72. The molecule has 3 aromatic rings. The minimum absolute atomic E-state index is 0.255. The molecule has 1 N–H and O–H groups in total. The smallest absolute Gasteiger partial charge is 0.335 e. The molecule has 0 atom stereocenters. The van der Waals surface area contributed by atoms with E-state index in [9.17, 15) is 4.79 Å². The second kappa shape index (κ2) is 6.44. The molecule has 0 spiro atoms. The zero-order valence-electron chi connectivity index (χ0n) is 11.9. The Morgan fingerprint density at radius 2 is 2.00 bits per heavy atom. The van der Waals surface area contributed by atoms with Gasteiger partial charge in [0.25, 0.3) is 0 Å². The maximum Gasteiger partial charge on any atom is 0.335 e. The minimum Gasteiger partial charge on any atom is -0.478 e. The van der Waals surface area contributed by atoms with E-state index in [0.717, 1.165) is 11.1 Å². The van der Waals surface area contributed by atoms with Crippen LogP contribution in [0.5, 0.6) is 0 Å². The van der Waals surface area contributed by atoms with Gasteiger partial charge in [-0.2, -0.15) is 0 Å². The molecule has 0 saturated carbocycles. The summed E-state index contributed by atoms with van der Waals surface area (Å²) in [4.78, 5) is 15.4. The van der Waals surface area contributed by atoms with Gasteiger partial charge in [-0.1, -0.05) is 35.3 Å². The van der Waals surface area contributed by atoms with E-state index in [4.69, 9.17) is 28.3 Å². The van der Waals surface area contributed by atoms with E-state index in [1.165, 1.54) is 0 Å². The largest absolute Gasteiger partial charge is 0.478 e. The molecule has 0 radical (unpaired) electrons. The van der Waals surface area contributed by atoms with E-state index in [1.807, 2.05) is 16.8 Å². The molecule has 0 saturated heterocycles. The van der Waals surface area contributed by atoms with E-state index in [1.54, 1.807) is 42.6 Å². The van der Waals surface area contributed by atoms with Gasteiger partial charge in [0.15, 0.2) is 0 Å². The van der Waals surface area contributed by atoms with Gasteiger partial charge in [0.2, 0.25) is 0 Å². The number of aromatic carboxylic acids is 1. The summed E-state index contributed by atoms with van der Waals surface area (Å²) in [6, 6.07) is 12.0. The van der Waals surface area contributed by atoms with Crippen molar-refractivity contribution in [3.63, 3.8) is 0 Å². The van der Waals surface area contributed by atoms with Gasteiger partial charge in [0, 0.05) is 29.5 Å². The van der Waals surface area contributed by atoms with Crippen molar-refractivity contribution in [2.75, 3.05) is 0 Å². The van der Waals surface area contributed by atoms with E-state index in [-0.39, 0.29) is 5.56 Å². The van der Waals surface area contributed by atoms with Crippen LogP contribution in [0.15, 0.2) is 54.9 Å². The van der Waals surface area contributed by atoms with Crippen LogP contribution in [0.1, 0.15) is 15.9 Å². The average Bonchev–Trinajstić information content (AvgIpc) is 2.98. The predicted octanol–water partition coefficient (Wildman–Crippen LogP) is 4.60. The van der Waals surface area contributed by atoms with Gasteiger partial charge in [-0.3, -0.25) is 0 Å². The third-order valence-electron chi connectivity index (χ3n) is 3.41. The van der Waals surface area contributed by atoms with Gasteiger partial charge in [0.1, 0.15) is 5.82 Å². The number of hydrogen-bond acceptors (Lipinski definition) is 2. The molecule has 0 unspecified atom stereocenters. The van der Waals surface area contributed by atoms with E-state index < -0.39 is 5.97 Å². The van der Waals surface area contributed by atoms with Gasteiger partial charge in [-0.25, -0.2) is 9.78 Å². The molecule has 1 heterocycles. The first-order chi connectivity index (χ1) is 11.0. The lowest BCUT2D eigenvalue weighted by molar-refractivity contribution is 0.0696. The first kappa shape index (κ1) is 15.6. The van der Waals surface area contributed by atoms with Gasteiger partial charge in [-0.05, 0) is 35.9 Å². The molecule has 3 rings (SSSR count). The summed E-state index contributed by atoms with van der Waals surface area (Å²) in [7, 11) is 0. The maximum absolute atomic E-state index is 11.1. The van der Waals surface area contributed by atoms with Crippen LogP contribution in [0.25, 0.3) is 11.4 Å². The highest BCUT2D eigenvalue weighted by Crippen LogP contribution is 2.29. The summed E-state index contributed by atoms with van der Waals surface area (Å²) in [5.41, 5.74) is 1.85. The monoisotopic (exact) mass is 346 g/mol. The number of carboxylic acids is 1. The molecule has 6 heteroatoms. The second-order valence-electron chi connectivity index (χ2n) is 5.01. The molecular formula is C17H12Cl2N2O2. The Labute approximate surface area is 142 Å². The first-order valence-corrected chi connectivity index (χ1v) is 7.59. The zero-order valence-corrected chi connectivity index (χ0v) is 13.4. The molecule has 23 heavy (non-hydrogen) atoms. The summed E-state index contributed by atoms with van der Waals surface area (Å²) >= 11 is 12.3. The number of carboxylic acid groups (broad SMARTS) is 1. The lowest BCUT2D eigenvalue weighted by atomic mass is 10.1. The van der Waals surface area contributed by atoms with Crippen molar-refractivity contribution < 1.29 is 9.90 Å². The lowest BCUT2D eigenvalue weighted by Gasteiger charge is -2.10. The third kappa shape index (κ3) is 3.38. The Morgan fingerprint density at radius 3 is 2.78 bits per heavy atom. The maximum atomic E-state index is 11.1. The molecule has 1 aromatic heterocycles. The van der Waals surface area contributed by atoms with Crippen molar-refractivity contribution in [1.29, 1.82) is 0 Å². The normalized spacial score (nSPS) is 10.7. The van der Waals surface area contributed by atoms with Crippen LogP contribution in [0, 0.1) is 0 Å². The van der Waals surface area contributed by atoms with Crippen LogP contribution in [0.4, 0.5) is 0 Å². The van der Waals surface area contributed by atoms with E-state index in [0.29, 0.717) is 22.4 Å². The number of imidazole rings is 1. The molecule has 0 amide bonds. The fraction of sp³-hybridized carbons (Fsp3) is 0.0588. The van der Waals surface area contributed by atoms with Gasteiger partial charge in [0.05, 0.1) is 10.6 Å².